The van der Waals surface area contributed by atoms with Crippen LogP contribution in [0.4, 0.5) is 23.4 Å². The molecule has 0 radical (unpaired) electrons. The quantitative estimate of drug-likeness (QED) is 0.177. The summed E-state index contributed by atoms with van der Waals surface area (Å²) in [6.07, 6.45) is -10.4. The van der Waals surface area contributed by atoms with E-state index in [4.69, 9.17) is 37.4 Å². The molecule has 1 aromatic heterocycles. The Morgan fingerprint density at radius 2 is 1.84 bits per heavy atom. The third-order valence-corrected chi connectivity index (χ3v) is 7.76. The average Bonchev–Trinajstić information content (AvgIpc) is 2.87. The molecule has 3 unspecified atom stereocenters. The fourth-order valence-electron chi connectivity index (χ4n) is 2.50. The molecule has 2 heterocycles. The first-order valence-electron chi connectivity index (χ1n) is 7.79. The van der Waals surface area contributed by atoms with Gasteiger partial charge in [0.05, 0.1) is 12.7 Å². The van der Waals surface area contributed by atoms with Crippen LogP contribution in [0, 0.1) is 4.77 Å². The van der Waals surface area contributed by atoms with Crippen LogP contribution in [0.25, 0.3) is 0 Å². The molecule has 32 heavy (non-hydrogen) atoms. The number of phosphoric ester groups is 1. The molecule has 1 aliphatic rings. The Kier molecular flexibility index (Phi) is 7.80. The summed E-state index contributed by atoms with van der Waals surface area (Å²) in [7, 11) is -17.2. The van der Waals surface area contributed by atoms with Gasteiger partial charge in [0.15, 0.2) is 6.23 Å². The van der Waals surface area contributed by atoms with Crippen LogP contribution >= 0.6 is 35.7 Å². The van der Waals surface area contributed by atoms with Crippen LogP contribution in [0.2, 0.25) is 0 Å². The molecule has 2 rings (SSSR count). The number of nitrogens with two attached hydrogens (primary N) is 1. The van der Waals surface area contributed by atoms with Crippen molar-refractivity contribution in [1.29, 1.82) is 0 Å². The van der Waals surface area contributed by atoms with Gasteiger partial charge in [0.1, 0.15) is 5.82 Å². The molecule has 0 spiro atoms. The van der Waals surface area contributed by atoms with Gasteiger partial charge >= 0.3 is 29.6 Å². The lowest BCUT2D eigenvalue weighted by atomic mass is 9.99. The number of halogens is 4. The molecule has 1 fully saturated rings. The van der Waals surface area contributed by atoms with Gasteiger partial charge in [-0.2, -0.15) is 21.8 Å². The highest BCUT2D eigenvalue weighted by atomic mass is 32.1. The molecule has 6 N–H and O–H groups in total. The molecule has 0 aliphatic carbocycles. The largest absolute Gasteiger partial charge is 0.490 e. The number of hydrogen-bond donors (Lipinski definition) is 5. The molecule has 22 heteroatoms. The third kappa shape index (κ3) is 6.85. The molecule has 0 amide bonds. The van der Waals surface area contributed by atoms with Gasteiger partial charge in [0.25, 0.3) is 5.67 Å². The molecule has 0 aromatic carbocycles. The average molecular weight is 553 g/mol. The van der Waals surface area contributed by atoms with E-state index in [-0.39, 0.29) is 5.82 Å². The van der Waals surface area contributed by atoms with Crippen LogP contribution in [0.15, 0.2) is 12.3 Å². The molecule has 184 valence electrons. The topological polar surface area (TPSA) is 213 Å². The van der Waals surface area contributed by atoms with Gasteiger partial charge in [0.2, 0.25) is 4.77 Å². The number of alkyl halides is 4. The normalized spacial score (nSPS) is 28.2. The number of hydrogen-bond acceptors (Lipinski definition) is 10. The minimum atomic E-state index is -5.85. The molecule has 1 aliphatic heterocycles. The number of rotatable bonds is 8. The Labute approximate surface area is 180 Å². The van der Waals surface area contributed by atoms with E-state index in [9.17, 15) is 36.2 Å². The Bertz CT molecular complexity index is 1070. The van der Waals surface area contributed by atoms with Crippen LogP contribution < -0.4 is 5.73 Å². The van der Waals surface area contributed by atoms with Crippen molar-refractivity contribution in [2.24, 2.45) is 0 Å². The summed E-state index contributed by atoms with van der Waals surface area (Å²) in [6, 6.07) is 1.01. The summed E-state index contributed by atoms with van der Waals surface area (Å²) in [6.45, 7) is -1.29. The fourth-order valence-corrected chi connectivity index (χ4v) is 5.81. The number of ether oxygens (including phenoxy) is 1. The van der Waals surface area contributed by atoms with Crippen LogP contribution in [0.1, 0.15) is 12.6 Å². The Balaban J connectivity index is 2.20. The molecule has 1 saturated heterocycles. The third-order valence-electron chi connectivity index (χ3n) is 3.65. The summed E-state index contributed by atoms with van der Waals surface area (Å²) >= 11 is 4.75. The van der Waals surface area contributed by atoms with E-state index in [1.807, 2.05) is 0 Å². The second kappa shape index (κ2) is 9.09. The lowest BCUT2D eigenvalue weighted by Gasteiger charge is -2.29. The standard InChI is InChI=1S/C10H14F4N3O11P3S/c11-9(10(12,13)14)3-5(26-7(9)17-2-1-6(15)16-8(17)32)4-25-30(21,22)28-31(23,24)27-29(18,19)20/h1-2,5,7H,3-4H2,(H,21,22)(H,23,24)(H2,15,16,32)(H2,18,19,20)/t5-,7+,9?/m0/s1. The van der Waals surface area contributed by atoms with Crippen LogP contribution in [0.3, 0.4) is 0 Å². The van der Waals surface area contributed by atoms with Gasteiger partial charge in [-0.3, -0.25) is 9.09 Å². The first kappa shape index (κ1) is 27.4. The predicted octanol–water partition coefficient (Wildman–Crippen LogP) is 2.10. The fraction of sp³-hybridized carbons (Fsp3) is 0.600. The molecule has 14 nitrogen and oxygen atoms in total. The van der Waals surface area contributed by atoms with Crippen molar-refractivity contribution in [3.8, 4) is 0 Å². The van der Waals surface area contributed by atoms with Crippen LogP contribution in [-0.4, -0.2) is 53.7 Å². The van der Waals surface area contributed by atoms with Gasteiger partial charge in [-0.1, -0.05) is 0 Å². The zero-order valence-corrected chi connectivity index (χ0v) is 18.6. The van der Waals surface area contributed by atoms with Crippen molar-refractivity contribution in [2.75, 3.05) is 12.3 Å². The first-order chi connectivity index (χ1) is 14.2. The second-order valence-electron chi connectivity index (χ2n) is 6.10. The van der Waals surface area contributed by atoms with Gasteiger partial charge < -0.3 is 30.0 Å². The minimum Gasteiger partial charge on any atom is -0.384 e. The Morgan fingerprint density at radius 1 is 1.25 bits per heavy atom. The minimum absolute atomic E-state index is 0.176. The van der Waals surface area contributed by atoms with E-state index in [1.165, 1.54) is 0 Å². The molecule has 5 atom stereocenters. The van der Waals surface area contributed by atoms with Gasteiger partial charge in [0, 0.05) is 12.6 Å². The molecule has 0 bridgehead atoms. The number of nitrogens with zero attached hydrogens (tertiary/aromatic N) is 2. The SMILES string of the molecule is Nc1ccn([C@@H]2O[C@H](COP(=O)(O)OP(=O)(O)OP(=O)(O)O)CC2(F)C(F)(F)F)c(=S)n1. The maximum absolute atomic E-state index is 15.0. The Morgan fingerprint density at radius 3 is 2.34 bits per heavy atom. The van der Waals surface area contributed by atoms with Crippen molar-refractivity contribution in [3.63, 3.8) is 0 Å². The van der Waals surface area contributed by atoms with Crippen molar-refractivity contribution in [1.82, 2.24) is 9.55 Å². The second-order valence-corrected chi connectivity index (χ2v) is 10.9. The summed E-state index contributed by atoms with van der Waals surface area (Å²) < 4.78 is 105. The van der Waals surface area contributed by atoms with E-state index in [0.717, 1.165) is 12.3 Å². The monoisotopic (exact) mass is 553 g/mol. The van der Waals surface area contributed by atoms with E-state index in [2.05, 4.69) is 18.1 Å². The van der Waals surface area contributed by atoms with Crippen molar-refractivity contribution in [3.05, 3.63) is 17.0 Å². The number of anilines is 1. The van der Waals surface area contributed by atoms with Crippen LogP contribution in [-0.2, 0) is 31.6 Å². The zero-order valence-electron chi connectivity index (χ0n) is 15.1. The summed E-state index contributed by atoms with van der Waals surface area (Å²) in [5.41, 5.74) is 1.27. The predicted molar refractivity (Wildman–Crippen MR) is 95.7 cm³/mol. The lowest BCUT2D eigenvalue weighted by Crippen LogP contribution is -2.45. The number of phosphoric acid groups is 3. The highest BCUT2D eigenvalue weighted by Gasteiger charge is 2.67. The van der Waals surface area contributed by atoms with Gasteiger partial charge in [-0.25, -0.2) is 23.1 Å². The van der Waals surface area contributed by atoms with E-state index >= 15 is 0 Å². The van der Waals surface area contributed by atoms with Crippen molar-refractivity contribution >= 4 is 41.5 Å². The Hall–Kier alpha value is -0.810. The van der Waals surface area contributed by atoms with E-state index in [0.29, 0.717) is 4.57 Å². The zero-order chi connectivity index (χ0) is 24.8. The summed E-state index contributed by atoms with van der Waals surface area (Å²) in [5.74, 6) is -0.176. The molecule has 1 aromatic rings. The van der Waals surface area contributed by atoms with E-state index < -0.39 is 65.4 Å². The highest BCUT2D eigenvalue weighted by Crippen LogP contribution is 2.66. The van der Waals surface area contributed by atoms with Crippen LogP contribution in [0.5, 0.6) is 0 Å². The maximum Gasteiger partial charge on any atom is 0.490 e. The molecular formula is C10H14F4N3O11P3S. The van der Waals surface area contributed by atoms with Gasteiger partial charge in [-0.05, 0) is 18.3 Å². The van der Waals surface area contributed by atoms with Crippen molar-refractivity contribution < 1.29 is 68.7 Å². The van der Waals surface area contributed by atoms with Gasteiger partial charge in [-0.15, -0.1) is 0 Å². The molecular weight excluding hydrogens is 539 g/mol. The highest BCUT2D eigenvalue weighted by molar-refractivity contribution is 7.71. The smallest absolute Gasteiger partial charge is 0.384 e. The number of aromatic nitrogens is 2. The summed E-state index contributed by atoms with van der Waals surface area (Å²) in [5, 5.41) is 0. The maximum atomic E-state index is 15.0. The van der Waals surface area contributed by atoms with E-state index in [1.54, 1.807) is 0 Å². The first-order valence-corrected chi connectivity index (χ1v) is 12.7. The lowest BCUT2D eigenvalue weighted by molar-refractivity contribution is -0.256. The van der Waals surface area contributed by atoms with Crippen molar-refractivity contribution in [2.45, 2.75) is 30.6 Å². The summed E-state index contributed by atoms with van der Waals surface area (Å²) in [4.78, 5) is 38.8. The molecule has 0 saturated carbocycles. The number of nitrogen functional groups attached to an aromatic ring is 1.